The van der Waals surface area contributed by atoms with E-state index in [2.05, 4.69) is 13.8 Å². The third kappa shape index (κ3) is 4.65. The van der Waals surface area contributed by atoms with Crippen molar-refractivity contribution in [2.75, 3.05) is 32.7 Å². The van der Waals surface area contributed by atoms with Crippen LogP contribution in [0.3, 0.4) is 0 Å². The third-order valence-electron chi connectivity index (χ3n) is 5.68. The van der Waals surface area contributed by atoms with Gasteiger partial charge in [0.05, 0.1) is 11.6 Å². The maximum atomic E-state index is 12.9. The third-order valence-corrected chi connectivity index (χ3v) is 8.30. The highest BCUT2D eigenvalue weighted by molar-refractivity contribution is 7.89. The molecule has 0 bridgehead atoms. The van der Waals surface area contributed by atoms with E-state index in [1.54, 1.807) is 6.07 Å². The van der Waals surface area contributed by atoms with Gasteiger partial charge in [0.25, 0.3) is 0 Å². The summed E-state index contributed by atoms with van der Waals surface area (Å²) in [5.74, 6) is 0.133. The lowest BCUT2D eigenvalue weighted by atomic mass is 9.97. The minimum absolute atomic E-state index is 0.0298. The molecule has 1 amide bonds. The maximum Gasteiger partial charge on any atom is 0.244 e. The Labute approximate surface area is 177 Å². The van der Waals surface area contributed by atoms with Gasteiger partial charge in [0.15, 0.2) is 0 Å². The molecular formula is C19H27Cl2N3O3S. The number of amides is 1. The van der Waals surface area contributed by atoms with Crippen molar-refractivity contribution in [3.05, 3.63) is 28.2 Å². The first kappa shape index (κ1) is 21.8. The van der Waals surface area contributed by atoms with Crippen molar-refractivity contribution in [3.63, 3.8) is 0 Å². The number of piperidine rings is 1. The number of piperazine rings is 1. The summed E-state index contributed by atoms with van der Waals surface area (Å²) in [4.78, 5) is 16.8. The SMILES string of the molecule is CC1CCCC(C)N1C(=O)CN1CCN(S(=O)(=O)c2cc(Cl)ccc2Cl)CC1. The largest absolute Gasteiger partial charge is 0.336 e. The summed E-state index contributed by atoms with van der Waals surface area (Å²) in [7, 11) is -3.71. The molecule has 2 unspecified atom stereocenters. The van der Waals surface area contributed by atoms with Gasteiger partial charge in [0, 0.05) is 43.3 Å². The average molecular weight is 448 g/mol. The van der Waals surface area contributed by atoms with E-state index < -0.39 is 10.0 Å². The number of rotatable bonds is 4. The molecule has 9 heteroatoms. The molecule has 2 aliphatic heterocycles. The molecule has 2 fully saturated rings. The monoisotopic (exact) mass is 447 g/mol. The number of halogens is 2. The van der Waals surface area contributed by atoms with Gasteiger partial charge in [-0.2, -0.15) is 4.31 Å². The van der Waals surface area contributed by atoms with Crippen LogP contribution in [0.5, 0.6) is 0 Å². The minimum atomic E-state index is -3.71. The number of nitrogens with zero attached hydrogens (tertiary/aromatic N) is 3. The fourth-order valence-corrected chi connectivity index (χ4v) is 6.29. The Hall–Kier alpha value is -0.860. The first-order valence-corrected chi connectivity index (χ1v) is 11.9. The summed E-state index contributed by atoms with van der Waals surface area (Å²) in [6.45, 7) is 6.22. The van der Waals surface area contributed by atoms with Gasteiger partial charge in [0.1, 0.15) is 4.90 Å². The van der Waals surface area contributed by atoms with Crippen molar-refractivity contribution >= 4 is 39.1 Å². The molecule has 156 valence electrons. The molecule has 0 saturated carbocycles. The number of sulfonamides is 1. The van der Waals surface area contributed by atoms with Crippen molar-refractivity contribution in [1.29, 1.82) is 0 Å². The zero-order valence-electron chi connectivity index (χ0n) is 16.3. The van der Waals surface area contributed by atoms with Crippen molar-refractivity contribution in [2.45, 2.75) is 50.1 Å². The van der Waals surface area contributed by atoms with Gasteiger partial charge in [-0.1, -0.05) is 23.2 Å². The zero-order chi connectivity index (χ0) is 20.5. The Morgan fingerprint density at radius 3 is 2.29 bits per heavy atom. The number of carbonyl (C=O) groups excluding carboxylic acids is 1. The molecule has 1 aromatic carbocycles. The van der Waals surface area contributed by atoms with Crippen LogP contribution in [0, 0.1) is 0 Å². The fourth-order valence-electron chi connectivity index (χ4n) is 4.13. The lowest BCUT2D eigenvalue weighted by Gasteiger charge is -2.41. The molecule has 2 heterocycles. The van der Waals surface area contributed by atoms with Crippen LogP contribution in [0.15, 0.2) is 23.1 Å². The van der Waals surface area contributed by atoms with Crippen molar-refractivity contribution < 1.29 is 13.2 Å². The number of benzene rings is 1. The van der Waals surface area contributed by atoms with Crippen LogP contribution in [-0.4, -0.2) is 73.2 Å². The highest BCUT2D eigenvalue weighted by Crippen LogP contribution is 2.28. The first-order chi connectivity index (χ1) is 13.2. The molecule has 0 spiro atoms. The first-order valence-electron chi connectivity index (χ1n) is 9.69. The maximum absolute atomic E-state index is 12.9. The second-order valence-electron chi connectivity index (χ2n) is 7.68. The summed E-state index contributed by atoms with van der Waals surface area (Å²) >= 11 is 12.0. The van der Waals surface area contributed by atoms with Crippen LogP contribution >= 0.6 is 23.2 Å². The molecule has 2 saturated heterocycles. The smallest absolute Gasteiger partial charge is 0.244 e. The van der Waals surface area contributed by atoms with Gasteiger partial charge in [-0.15, -0.1) is 0 Å². The van der Waals surface area contributed by atoms with E-state index in [-0.39, 0.29) is 27.9 Å². The minimum Gasteiger partial charge on any atom is -0.336 e. The Balaban J connectivity index is 1.61. The fraction of sp³-hybridized carbons (Fsp3) is 0.632. The van der Waals surface area contributed by atoms with Crippen LogP contribution in [0.25, 0.3) is 0 Å². The number of likely N-dealkylation sites (tertiary alicyclic amines) is 1. The normalized spacial score (nSPS) is 25.1. The lowest BCUT2D eigenvalue weighted by Crippen LogP contribution is -2.54. The van der Waals surface area contributed by atoms with Gasteiger partial charge >= 0.3 is 0 Å². The van der Waals surface area contributed by atoms with Gasteiger partial charge in [-0.05, 0) is 51.3 Å². The summed E-state index contributed by atoms with van der Waals surface area (Å²) in [6.07, 6.45) is 3.25. The second-order valence-corrected chi connectivity index (χ2v) is 10.4. The van der Waals surface area contributed by atoms with Crippen LogP contribution in [0.4, 0.5) is 0 Å². The van der Waals surface area contributed by atoms with Gasteiger partial charge < -0.3 is 4.90 Å². The Morgan fingerprint density at radius 2 is 1.68 bits per heavy atom. The topological polar surface area (TPSA) is 60.9 Å². The van der Waals surface area contributed by atoms with Gasteiger partial charge in [-0.3, -0.25) is 9.69 Å². The van der Waals surface area contributed by atoms with Crippen LogP contribution in [0.2, 0.25) is 10.0 Å². The molecule has 0 aromatic heterocycles. The van der Waals surface area contributed by atoms with E-state index in [0.717, 1.165) is 19.3 Å². The summed E-state index contributed by atoms with van der Waals surface area (Å²) in [6, 6.07) is 4.97. The molecule has 2 atom stereocenters. The number of carbonyl (C=O) groups is 1. The summed E-state index contributed by atoms with van der Waals surface area (Å²) < 4.78 is 27.2. The predicted molar refractivity (Wildman–Crippen MR) is 111 cm³/mol. The molecule has 28 heavy (non-hydrogen) atoms. The molecule has 3 rings (SSSR count). The number of hydrogen-bond acceptors (Lipinski definition) is 4. The standard InChI is InChI=1S/C19H27Cl2N3O3S/c1-14-4-3-5-15(2)24(14)19(25)13-22-8-10-23(11-9-22)28(26,27)18-12-16(20)6-7-17(18)21/h6-7,12,14-15H,3-5,8-11,13H2,1-2H3. The van der Waals surface area contributed by atoms with Crippen molar-refractivity contribution in [1.82, 2.24) is 14.1 Å². The van der Waals surface area contributed by atoms with Crippen molar-refractivity contribution in [3.8, 4) is 0 Å². The molecule has 0 aliphatic carbocycles. The van der Waals surface area contributed by atoms with Crippen LogP contribution in [-0.2, 0) is 14.8 Å². The van der Waals surface area contributed by atoms with E-state index in [9.17, 15) is 13.2 Å². The van der Waals surface area contributed by atoms with Crippen molar-refractivity contribution in [2.24, 2.45) is 0 Å². The highest BCUT2D eigenvalue weighted by Gasteiger charge is 2.33. The molecule has 2 aliphatic rings. The Kier molecular flexibility index (Phi) is 6.92. The Bertz CT molecular complexity index is 816. The number of hydrogen-bond donors (Lipinski definition) is 0. The van der Waals surface area contributed by atoms with Crippen LogP contribution in [0.1, 0.15) is 33.1 Å². The molecular weight excluding hydrogens is 421 g/mol. The van der Waals surface area contributed by atoms with Gasteiger partial charge in [-0.25, -0.2) is 8.42 Å². The van der Waals surface area contributed by atoms with E-state index in [0.29, 0.717) is 37.7 Å². The van der Waals surface area contributed by atoms with E-state index in [1.165, 1.54) is 16.4 Å². The van der Waals surface area contributed by atoms with E-state index in [4.69, 9.17) is 23.2 Å². The molecule has 1 aromatic rings. The summed E-state index contributed by atoms with van der Waals surface area (Å²) in [5, 5.41) is 0.493. The molecule has 6 nitrogen and oxygen atoms in total. The second kappa shape index (κ2) is 8.88. The van der Waals surface area contributed by atoms with Gasteiger partial charge in [0.2, 0.25) is 15.9 Å². The Morgan fingerprint density at radius 1 is 1.07 bits per heavy atom. The quantitative estimate of drug-likeness (QED) is 0.711. The highest BCUT2D eigenvalue weighted by atomic mass is 35.5. The van der Waals surface area contributed by atoms with E-state index >= 15 is 0 Å². The zero-order valence-corrected chi connectivity index (χ0v) is 18.6. The average Bonchev–Trinajstić information content (AvgIpc) is 2.64. The molecule has 0 N–H and O–H groups in total. The summed E-state index contributed by atoms with van der Waals surface area (Å²) in [5.41, 5.74) is 0. The lowest BCUT2D eigenvalue weighted by molar-refractivity contribution is -0.138. The van der Waals surface area contributed by atoms with E-state index in [1.807, 2.05) is 9.80 Å². The van der Waals surface area contributed by atoms with Crippen LogP contribution < -0.4 is 0 Å². The molecule has 0 radical (unpaired) electrons. The predicted octanol–water partition coefficient (Wildman–Crippen LogP) is 3.09.